The number of carbonyl (C=O) groups excluding carboxylic acids is 1. The van der Waals surface area contributed by atoms with Crippen LogP contribution in [0.2, 0.25) is 0 Å². The minimum Gasteiger partial charge on any atom is -0.481 e. The third-order valence-electron chi connectivity index (χ3n) is 4.35. The smallest absolute Gasteiger partial charge is 0.311 e. The van der Waals surface area contributed by atoms with Gasteiger partial charge in [0.2, 0.25) is 0 Å². The van der Waals surface area contributed by atoms with E-state index in [9.17, 15) is 14.7 Å². The number of aliphatic carboxylic acids is 1. The minimum absolute atomic E-state index is 0.167. The highest BCUT2D eigenvalue weighted by molar-refractivity contribution is 5.94. The number of carbonyl (C=O) groups is 2. The topological polar surface area (TPSA) is 75.4 Å². The van der Waals surface area contributed by atoms with E-state index in [4.69, 9.17) is 0 Å². The van der Waals surface area contributed by atoms with Crippen LogP contribution in [0.3, 0.4) is 0 Å². The summed E-state index contributed by atoms with van der Waals surface area (Å²) in [5.74, 6) is -1.02. The quantitative estimate of drug-likeness (QED) is 0.942. The van der Waals surface area contributed by atoms with Crippen molar-refractivity contribution < 1.29 is 14.7 Å². The molecule has 0 saturated carbocycles. The number of aromatic nitrogens is 2. The van der Waals surface area contributed by atoms with Crippen LogP contribution >= 0.6 is 0 Å². The lowest BCUT2D eigenvalue weighted by Gasteiger charge is -2.37. The molecule has 23 heavy (non-hydrogen) atoms. The van der Waals surface area contributed by atoms with E-state index in [1.807, 2.05) is 30.3 Å². The van der Waals surface area contributed by atoms with Crippen molar-refractivity contribution in [3.05, 3.63) is 48.3 Å². The summed E-state index contributed by atoms with van der Waals surface area (Å²) in [5.41, 5.74) is 0.479. The number of hydrogen-bond donors (Lipinski definition) is 1. The molecule has 0 bridgehead atoms. The molecule has 1 saturated heterocycles. The van der Waals surface area contributed by atoms with E-state index in [0.717, 1.165) is 5.69 Å². The Bertz CT molecular complexity index is 726. The molecule has 1 N–H and O–H groups in total. The van der Waals surface area contributed by atoms with Crippen LogP contribution in [0.25, 0.3) is 5.69 Å². The lowest BCUT2D eigenvalue weighted by molar-refractivity contribution is -0.150. The number of piperidine rings is 1. The first-order valence-corrected chi connectivity index (χ1v) is 7.62. The van der Waals surface area contributed by atoms with Crippen molar-refractivity contribution in [2.75, 3.05) is 13.1 Å². The Hall–Kier alpha value is -2.63. The fraction of sp³-hybridized carbons (Fsp3) is 0.353. The summed E-state index contributed by atoms with van der Waals surface area (Å²) in [7, 11) is 0. The van der Waals surface area contributed by atoms with Gasteiger partial charge in [0, 0.05) is 19.3 Å². The number of hydrogen-bond acceptors (Lipinski definition) is 3. The third kappa shape index (κ3) is 2.97. The third-order valence-corrected chi connectivity index (χ3v) is 4.35. The van der Waals surface area contributed by atoms with Crippen molar-refractivity contribution in [1.29, 1.82) is 0 Å². The van der Waals surface area contributed by atoms with Gasteiger partial charge in [-0.3, -0.25) is 9.59 Å². The molecule has 1 aliphatic rings. The summed E-state index contributed by atoms with van der Waals surface area (Å²) < 4.78 is 1.65. The van der Waals surface area contributed by atoms with Gasteiger partial charge in [-0.2, -0.15) is 5.10 Å². The first kappa shape index (κ1) is 15.3. The highest BCUT2D eigenvalue weighted by Crippen LogP contribution is 2.30. The number of para-hydroxylation sites is 1. The lowest BCUT2D eigenvalue weighted by Crippen LogP contribution is -2.48. The molecule has 1 aromatic carbocycles. The average Bonchev–Trinajstić information content (AvgIpc) is 3.05. The SMILES string of the molecule is CC1(C(=O)O)CCCN(C(=O)c2cnn(-c3ccccc3)c2)C1. The summed E-state index contributed by atoms with van der Waals surface area (Å²) in [6, 6.07) is 9.54. The maximum absolute atomic E-state index is 12.6. The zero-order valence-corrected chi connectivity index (χ0v) is 13.0. The molecule has 120 valence electrons. The van der Waals surface area contributed by atoms with Crippen LogP contribution in [0.5, 0.6) is 0 Å². The van der Waals surface area contributed by atoms with Crippen LogP contribution in [-0.4, -0.2) is 44.8 Å². The number of nitrogens with zero attached hydrogens (tertiary/aromatic N) is 3. The van der Waals surface area contributed by atoms with Crippen LogP contribution in [0.4, 0.5) is 0 Å². The van der Waals surface area contributed by atoms with Gasteiger partial charge in [0.15, 0.2) is 0 Å². The standard InChI is InChI=1S/C17H19N3O3/c1-17(16(22)23)8-5-9-19(12-17)15(21)13-10-18-20(11-13)14-6-3-2-4-7-14/h2-4,6-7,10-11H,5,8-9,12H2,1H3,(H,22,23). The molecule has 0 radical (unpaired) electrons. The molecule has 6 nitrogen and oxygen atoms in total. The lowest BCUT2D eigenvalue weighted by atomic mass is 9.82. The molecule has 1 unspecified atom stereocenters. The Kier molecular flexibility index (Phi) is 3.90. The summed E-state index contributed by atoms with van der Waals surface area (Å²) in [6.45, 7) is 2.51. The van der Waals surface area contributed by atoms with Crippen LogP contribution in [0, 0.1) is 5.41 Å². The number of rotatable bonds is 3. The van der Waals surface area contributed by atoms with Crippen molar-refractivity contribution in [2.45, 2.75) is 19.8 Å². The molecule has 1 aromatic heterocycles. The Morgan fingerprint density at radius 1 is 1.26 bits per heavy atom. The molecule has 1 atom stereocenters. The van der Waals surface area contributed by atoms with Gasteiger partial charge in [0.1, 0.15) is 0 Å². The Morgan fingerprint density at radius 2 is 2.00 bits per heavy atom. The summed E-state index contributed by atoms with van der Waals surface area (Å²) in [6.07, 6.45) is 4.50. The molecular formula is C17H19N3O3. The second-order valence-electron chi connectivity index (χ2n) is 6.21. The molecule has 1 aliphatic heterocycles. The average molecular weight is 313 g/mol. The first-order chi connectivity index (χ1) is 11.0. The Labute approximate surface area is 134 Å². The summed E-state index contributed by atoms with van der Waals surface area (Å²) >= 11 is 0. The zero-order valence-electron chi connectivity index (χ0n) is 13.0. The van der Waals surface area contributed by atoms with E-state index in [1.165, 1.54) is 6.20 Å². The van der Waals surface area contributed by atoms with E-state index in [1.54, 1.807) is 22.7 Å². The van der Waals surface area contributed by atoms with E-state index < -0.39 is 11.4 Å². The highest BCUT2D eigenvalue weighted by Gasteiger charge is 2.39. The molecule has 0 aliphatic carbocycles. The highest BCUT2D eigenvalue weighted by atomic mass is 16.4. The number of likely N-dealkylation sites (tertiary alicyclic amines) is 1. The monoisotopic (exact) mass is 313 g/mol. The van der Waals surface area contributed by atoms with Crippen molar-refractivity contribution in [2.24, 2.45) is 5.41 Å². The summed E-state index contributed by atoms with van der Waals surface area (Å²) in [4.78, 5) is 25.7. The second-order valence-corrected chi connectivity index (χ2v) is 6.21. The molecule has 2 aromatic rings. The Morgan fingerprint density at radius 3 is 2.70 bits per heavy atom. The molecule has 1 amide bonds. The van der Waals surface area contributed by atoms with Gasteiger partial charge in [-0.25, -0.2) is 4.68 Å². The number of amides is 1. The maximum Gasteiger partial charge on any atom is 0.311 e. The molecule has 1 fully saturated rings. The van der Waals surface area contributed by atoms with Gasteiger partial charge in [0.05, 0.1) is 22.9 Å². The van der Waals surface area contributed by atoms with Crippen LogP contribution in [0.15, 0.2) is 42.7 Å². The minimum atomic E-state index is -0.872. The first-order valence-electron chi connectivity index (χ1n) is 7.62. The molecule has 2 heterocycles. The van der Waals surface area contributed by atoms with Crippen LogP contribution < -0.4 is 0 Å². The van der Waals surface area contributed by atoms with E-state index in [0.29, 0.717) is 24.9 Å². The fourth-order valence-electron chi connectivity index (χ4n) is 2.93. The predicted molar refractivity (Wildman–Crippen MR) is 84.4 cm³/mol. The molecular weight excluding hydrogens is 294 g/mol. The van der Waals surface area contributed by atoms with E-state index in [-0.39, 0.29) is 12.5 Å². The van der Waals surface area contributed by atoms with Gasteiger partial charge in [-0.15, -0.1) is 0 Å². The normalized spacial score (nSPS) is 21.2. The van der Waals surface area contributed by atoms with Gasteiger partial charge >= 0.3 is 5.97 Å². The Balaban J connectivity index is 1.79. The van der Waals surface area contributed by atoms with Crippen LogP contribution in [0.1, 0.15) is 30.1 Å². The zero-order chi connectivity index (χ0) is 16.4. The maximum atomic E-state index is 12.6. The van der Waals surface area contributed by atoms with Crippen molar-refractivity contribution in [1.82, 2.24) is 14.7 Å². The van der Waals surface area contributed by atoms with E-state index >= 15 is 0 Å². The van der Waals surface area contributed by atoms with E-state index in [2.05, 4.69) is 5.10 Å². The molecule has 3 rings (SSSR count). The number of carboxylic acids is 1. The van der Waals surface area contributed by atoms with Crippen molar-refractivity contribution in [3.8, 4) is 5.69 Å². The predicted octanol–water partition coefficient (Wildman–Crippen LogP) is 2.20. The van der Waals surface area contributed by atoms with Gasteiger partial charge in [-0.05, 0) is 31.9 Å². The van der Waals surface area contributed by atoms with Crippen LogP contribution in [-0.2, 0) is 4.79 Å². The van der Waals surface area contributed by atoms with Gasteiger partial charge in [0.25, 0.3) is 5.91 Å². The molecule has 6 heteroatoms. The number of carboxylic acid groups (broad SMARTS) is 1. The fourth-order valence-corrected chi connectivity index (χ4v) is 2.93. The molecule has 0 spiro atoms. The van der Waals surface area contributed by atoms with Gasteiger partial charge in [-0.1, -0.05) is 18.2 Å². The summed E-state index contributed by atoms with van der Waals surface area (Å²) in [5, 5.41) is 13.6. The number of benzene rings is 1. The van der Waals surface area contributed by atoms with Crippen molar-refractivity contribution >= 4 is 11.9 Å². The largest absolute Gasteiger partial charge is 0.481 e. The van der Waals surface area contributed by atoms with Crippen molar-refractivity contribution in [3.63, 3.8) is 0 Å². The second kappa shape index (κ2) is 5.87. The van der Waals surface area contributed by atoms with Gasteiger partial charge < -0.3 is 10.0 Å².